The Kier molecular flexibility index (Phi) is 6.09. The van der Waals surface area contributed by atoms with Crippen molar-refractivity contribution >= 4 is 5.91 Å². The molecule has 2 unspecified atom stereocenters. The van der Waals surface area contributed by atoms with Crippen LogP contribution in [0.15, 0.2) is 0 Å². The fraction of sp³-hybridized carbons (Fsp3) is 0.929. The van der Waals surface area contributed by atoms with Gasteiger partial charge < -0.3 is 15.4 Å². The van der Waals surface area contributed by atoms with E-state index in [1.807, 2.05) is 6.92 Å². The van der Waals surface area contributed by atoms with Gasteiger partial charge in [0, 0.05) is 19.7 Å². The lowest BCUT2D eigenvalue weighted by molar-refractivity contribution is -0.124. The Morgan fingerprint density at radius 1 is 1.39 bits per heavy atom. The van der Waals surface area contributed by atoms with E-state index in [9.17, 15) is 4.79 Å². The van der Waals surface area contributed by atoms with Crippen LogP contribution >= 0.6 is 0 Å². The van der Waals surface area contributed by atoms with Gasteiger partial charge in [0.1, 0.15) is 0 Å². The minimum atomic E-state index is -0.156. The first-order valence-electron chi connectivity index (χ1n) is 7.12. The molecule has 1 aliphatic carbocycles. The van der Waals surface area contributed by atoms with Crippen LogP contribution in [0.3, 0.4) is 0 Å². The fourth-order valence-electron chi connectivity index (χ4n) is 2.33. The maximum atomic E-state index is 11.9. The second kappa shape index (κ2) is 7.10. The zero-order valence-electron chi connectivity index (χ0n) is 12.2. The van der Waals surface area contributed by atoms with Gasteiger partial charge in [0.25, 0.3) is 0 Å². The normalized spacial score (nSPS) is 20.9. The second-order valence-electron chi connectivity index (χ2n) is 5.54. The van der Waals surface area contributed by atoms with Crippen molar-refractivity contribution in [2.75, 3.05) is 13.7 Å². The van der Waals surface area contributed by atoms with Gasteiger partial charge in [0.15, 0.2) is 0 Å². The van der Waals surface area contributed by atoms with E-state index in [1.54, 1.807) is 7.11 Å². The standard InChI is InChI=1S/C14H28N2O2/c1-5-7-11(2)16-13(17)12(3)15-10-14(18-4)8-6-9-14/h11-12,15H,5-10H2,1-4H3,(H,16,17). The van der Waals surface area contributed by atoms with Crippen molar-refractivity contribution in [2.24, 2.45) is 0 Å². The van der Waals surface area contributed by atoms with Crippen LogP contribution in [-0.4, -0.2) is 37.2 Å². The van der Waals surface area contributed by atoms with Crippen LogP contribution in [-0.2, 0) is 9.53 Å². The van der Waals surface area contributed by atoms with E-state index in [2.05, 4.69) is 24.5 Å². The summed E-state index contributed by atoms with van der Waals surface area (Å²) in [6, 6.07) is 0.101. The van der Waals surface area contributed by atoms with Crippen LogP contribution in [0.1, 0.15) is 52.9 Å². The van der Waals surface area contributed by atoms with Crippen LogP contribution in [0.25, 0.3) is 0 Å². The molecule has 4 nitrogen and oxygen atoms in total. The van der Waals surface area contributed by atoms with Crippen molar-refractivity contribution in [1.82, 2.24) is 10.6 Å². The highest BCUT2D eigenvalue weighted by atomic mass is 16.5. The molecule has 1 rings (SSSR count). The highest BCUT2D eigenvalue weighted by Gasteiger charge is 2.37. The predicted octanol–water partition coefficient (Wildman–Crippen LogP) is 1.84. The van der Waals surface area contributed by atoms with Crippen molar-refractivity contribution < 1.29 is 9.53 Å². The molecule has 2 N–H and O–H groups in total. The SMILES string of the molecule is CCCC(C)NC(=O)C(C)NCC1(OC)CCC1. The van der Waals surface area contributed by atoms with Gasteiger partial charge in [0.05, 0.1) is 11.6 Å². The number of carbonyl (C=O) groups is 1. The lowest BCUT2D eigenvalue weighted by Crippen LogP contribution is -2.53. The summed E-state index contributed by atoms with van der Waals surface area (Å²) in [6.07, 6.45) is 5.54. The second-order valence-corrected chi connectivity index (χ2v) is 5.54. The van der Waals surface area contributed by atoms with Crippen LogP contribution in [0.4, 0.5) is 0 Å². The van der Waals surface area contributed by atoms with Crippen LogP contribution in [0.5, 0.6) is 0 Å². The molecule has 0 aromatic carbocycles. The summed E-state index contributed by atoms with van der Waals surface area (Å²) >= 11 is 0. The molecule has 0 bridgehead atoms. The van der Waals surface area contributed by atoms with Crippen molar-refractivity contribution in [3.05, 3.63) is 0 Å². The van der Waals surface area contributed by atoms with Gasteiger partial charge in [-0.2, -0.15) is 0 Å². The summed E-state index contributed by atoms with van der Waals surface area (Å²) in [7, 11) is 1.76. The summed E-state index contributed by atoms with van der Waals surface area (Å²) in [5.74, 6) is 0.0847. The smallest absolute Gasteiger partial charge is 0.237 e. The zero-order valence-corrected chi connectivity index (χ0v) is 12.2. The van der Waals surface area contributed by atoms with Crippen molar-refractivity contribution in [3.63, 3.8) is 0 Å². The van der Waals surface area contributed by atoms with Crippen LogP contribution in [0.2, 0.25) is 0 Å². The lowest BCUT2D eigenvalue weighted by Gasteiger charge is -2.41. The van der Waals surface area contributed by atoms with Gasteiger partial charge in [-0.25, -0.2) is 0 Å². The summed E-state index contributed by atoms with van der Waals surface area (Å²) in [5, 5.41) is 6.32. The van der Waals surface area contributed by atoms with E-state index in [-0.39, 0.29) is 23.6 Å². The lowest BCUT2D eigenvalue weighted by atomic mass is 9.80. The molecule has 0 aliphatic heterocycles. The molecule has 0 spiro atoms. The molecule has 1 aliphatic rings. The number of carbonyl (C=O) groups excluding carboxylic acids is 1. The molecule has 0 saturated heterocycles. The first-order valence-corrected chi connectivity index (χ1v) is 7.12. The van der Waals surface area contributed by atoms with Crippen molar-refractivity contribution in [3.8, 4) is 0 Å². The minimum absolute atomic E-state index is 0.0242. The van der Waals surface area contributed by atoms with Crippen molar-refractivity contribution in [1.29, 1.82) is 0 Å². The van der Waals surface area contributed by atoms with Gasteiger partial charge in [-0.15, -0.1) is 0 Å². The molecule has 0 aromatic heterocycles. The van der Waals surface area contributed by atoms with E-state index >= 15 is 0 Å². The Balaban J connectivity index is 2.27. The Morgan fingerprint density at radius 3 is 2.50 bits per heavy atom. The maximum absolute atomic E-state index is 11.9. The van der Waals surface area contributed by atoms with Gasteiger partial charge in [0.2, 0.25) is 5.91 Å². The third-order valence-electron chi connectivity index (χ3n) is 3.93. The molecule has 0 heterocycles. The summed E-state index contributed by atoms with van der Waals surface area (Å²) in [4.78, 5) is 11.9. The monoisotopic (exact) mass is 256 g/mol. The zero-order chi connectivity index (χ0) is 13.6. The third-order valence-corrected chi connectivity index (χ3v) is 3.93. The number of hydrogen-bond acceptors (Lipinski definition) is 3. The van der Waals surface area contributed by atoms with E-state index in [1.165, 1.54) is 6.42 Å². The highest BCUT2D eigenvalue weighted by Crippen LogP contribution is 2.34. The number of ether oxygens (including phenoxy) is 1. The Morgan fingerprint density at radius 2 is 2.06 bits per heavy atom. The van der Waals surface area contributed by atoms with Gasteiger partial charge in [-0.3, -0.25) is 4.79 Å². The van der Waals surface area contributed by atoms with Crippen molar-refractivity contribution in [2.45, 2.75) is 70.6 Å². The number of amides is 1. The van der Waals surface area contributed by atoms with Crippen LogP contribution < -0.4 is 10.6 Å². The first-order chi connectivity index (χ1) is 8.53. The van der Waals surface area contributed by atoms with Gasteiger partial charge in [-0.05, 0) is 39.5 Å². The number of hydrogen-bond donors (Lipinski definition) is 2. The summed E-state index contributed by atoms with van der Waals surface area (Å²) in [5.41, 5.74) is -0.0242. The molecular weight excluding hydrogens is 228 g/mol. The number of rotatable bonds is 8. The Bertz CT molecular complexity index is 259. The molecule has 0 radical (unpaired) electrons. The van der Waals surface area contributed by atoms with E-state index in [0.717, 1.165) is 32.2 Å². The number of nitrogens with one attached hydrogen (secondary N) is 2. The van der Waals surface area contributed by atoms with Crippen LogP contribution in [0, 0.1) is 0 Å². The molecule has 18 heavy (non-hydrogen) atoms. The summed E-state index contributed by atoms with van der Waals surface area (Å²) < 4.78 is 5.53. The predicted molar refractivity (Wildman–Crippen MR) is 73.6 cm³/mol. The molecule has 2 atom stereocenters. The molecule has 1 fully saturated rings. The molecule has 1 amide bonds. The van der Waals surface area contributed by atoms with E-state index in [0.29, 0.717) is 0 Å². The van der Waals surface area contributed by atoms with Gasteiger partial charge in [-0.1, -0.05) is 13.3 Å². The maximum Gasteiger partial charge on any atom is 0.237 e. The Labute approximate surface area is 111 Å². The van der Waals surface area contributed by atoms with E-state index in [4.69, 9.17) is 4.74 Å². The average Bonchev–Trinajstić information content (AvgIpc) is 2.28. The molecule has 0 aromatic rings. The largest absolute Gasteiger partial charge is 0.377 e. The third kappa shape index (κ3) is 4.25. The minimum Gasteiger partial charge on any atom is -0.377 e. The Hall–Kier alpha value is -0.610. The topological polar surface area (TPSA) is 50.4 Å². The van der Waals surface area contributed by atoms with E-state index < -0.39 is 0 Å². The molecule has 4 heteroatoms. The van der Waals surface area contributed by atoms with Gasteiger partial charge >= 0.3 is 0 Å². The first kappa shape index (κ1) is 15.4. The highest BCUT2D eigenvalue weighted by molar-refractivity contribution is 5.81. The number of methoxy groups -OCH3 is 1. The quantitative estimate of drug-likeness (QED) is 0.696. The fourth-order valence-corrected chi connectivity index (χ4v) is 2.33. The summed E-state index contributed by atoms with van der Waals surface area (Å²) in [6.45, 7) is 6.86. The molecule has 106 valence electrons. The molecule has 1 saturated carbocycles. The average molecular weight is 256 g/mol. The molecular formula is C14H28N2O2.